The number of anilines is 2. The molecule has 0 saturated carbocycles. The number of hydrogen-bond donors (Lipinski definition) is 2. The van der Waals surface area contributed by atoms with Crippen molar-refractivity contribution >= 4 is 34.3 Å². The van der Waals surface area contributed by atoms with Gasteiger partial charge in [0.05, 0.1) is 4.88 Å². The zero-order valence-electron chi connectivity index (χ0n) is 20.3. The number of rotatable bonds is 6. The smallest absolute Gasteiger partial charge is 0.408 e. The van der Waals surface area contributed by atoms with Crippen LogP contribution in [0.1, 0.15) is 45.2 Å². The van der Waals surface area contributed by atoms with Gasteiger partial charge in [0.2, 0.25) is 5.91 Å². The van der Waals surface area contributed by atoms with Crippen LogP contribution in [0.4, 0.5) is 15.7 Å². The van der Waals surface area contributed by atoms with Crippen LogP contribution in [0, 0.1) is 0 Å². The molecule has 8 nitrogen and oxygen atoms in total. The van der Waals surface area contributed by atoms with Gasteiger partial charge in [-0.2, -0.15) is 0 Å². The molecule has 2 N–H and O–H groups in total. The summed E-state index contributed by atoms with van der Waals surface area (Å²) < 4.78 is 5.19. The molecule has 0 spiro atoms. The number of likely N-dealkylation sites (tertiary alicyclic amines) is 1. The van der Waals surface area contributed by atoms with Gasteiger partial charge in [-0.15, -0.1) is 0 Å². The Labute approximate surface area is 209 Å². The van der Waals surface area contributed by atoms with E-state index in [1.807, 2.05) is 42.6 Å². The van der Waals surface area contributed by atoms with E-state index in [1.54, 1.807) is 37.0 Å². The summed E-state index contributed by atoms with van der Waals surface area (Å²) in [6.07, 6.45) is 2.94. The van der Waals surface area contributed by atoms with Crippen molar-refractivity contribution in [1.29, 1.82) is 0 Å². The van der Waals surface area contributed by atoms with Gasteiger partial charge in [0.25, 0.3) is 0 Å². The fourth-order valence-corrected chi connectivity index (χ4v) is 4.75. The molecule has 4 rings (SSSR count). The van der Waals surface area contributed by atoms with Gasteiger partial charge in [0, 0.05) is 30.9 Å². The molecule has 3 aromatic rings. The van der Waals surface area contributed by atoms with E-state index < -0.39 is 11.7 Å². The fraction of sp³-hybridized carbons (Fsp3) is 0.385. The van der Waals surface area contributed by atoms with Crippen LogP contribution >= 0.6 is 11.3 Å². The van der Waals surface area contributed by atoms with Crippen molar-refractivity contribution in [2.45, 2.75) is 45.1 Å². The van der Waals surface area contributed by atoms with Gasteiger partial charge in [0.1, 0.15) is 18.0 Å². The summed E-state index contributed by atoms with van der Waals surface area (Å²) in [5.41, 5.74) is 1.56. The summed E-state index contributed by atoms with van der Waals surface area (Å²) in [4.78, 5) is 36.5. The minimum absolute atomic E-state index is 0.0595. The molecule has 0 radical (unpaired) electrons. The molecule has 184 valence electrons. The van der Waals surface area contributed by atoms with Crippen molar-refractivity contribution in [2.75, 3.05) is 25.0 Å². The van der Waals surface area contributed by atoms with E-state index in [-0.39, 0.29) is 18.4 Å². The monoisotopic (exact) mass is 493 g/mol. The summed E-state index contributed by atoms with van der Waals surface area (Å²) >= 11 is 1.59. The highest BCUT2D eigenvalue weighted by Gasteiger charge is 2.25. The number of alkyl carbamates (subject to hydrolysis) is 1. The van der Waals surface area contributed by atoms with Crippen LogP contribution in [0.2, 0.25) is 0 Å². The zero-order valence-corrected chi connectivity index (χ0v) is 21.1. The lowest BCUT2D eigenvalue weighted by molar-refractivity contribution is -0.131. The molecule has 1 aliphatic heterocycles. The van der Waals surface area contributed by atoms with Crippen molar-refractivity contribution < 1.29 is 14.3 Å². The number of benzene rings is 1. The first-order valence-electron chi connectivity index (χ1n) is 11.8. The molecule has 3 heterocycles. The number of piperidine rings is 1. The number of nitrogens with zero attached hydrogens (tertiary/aromatic N) is 3. The highest BCUT2D eigenvalue weighted by molar-refractivity contribution is 7.18. The van der Waals surface area contributed by atoms with Gasteiger partial charge >= 0.3 is 6.09 Å². The number of carbonyl (C=O) groups is 2. The van der Waals surface area contributed by atoms with Crippen molar-refractivity contribution in [3.05, 3.63) is 60.4 Å². The highest BCUT2D eigenvalue weighted by atomic mass is 32.1. The number of pyridine rings is 1. The lowest BCUT2D eigenvalue weighted by Crippen LogP contribution is -2.44. The average Bonchev–Trinajstić information content (AvgIpc) is 3.31. The Balaban J connectivity index is 1.29. The summed E-state index contributed by atoms with van der Waals surface area (Å²) in [5.74, 6) is 0.933. The second-order valence-electron chi connectivity index (χ2n) is 9.48. The van der Waals surface area contributed by atoms with Crippen LogP contribution in [0.15, 0.2) is 54.7 Å². The van der Waals surface area contributed by atoms with E-state index in [1.165, 1.54) is 0 Å². The van der Waals surface area contributed by atoms with Crippen LogP contribution in [0.25, 0.3) is 10.4 Å². The van der Waals surface area contributed by atoms with Crippen LogP contribution in [-0.2, 0) is 9.53 Å². The Morgan fingerprint density at radius 1 is 1.09 bits per heavy atom. The van der Waals surface area contributed by atoms with Gasteiger partial charge in [-0.3, -0.25) is 4.79 Å². The number of amides is 2. The Morgan fingerprint density at radius 3 is 2.54 bits per heavy atom. The van der Waals surface area contributed by atoms with Crippen LogP contribution in [-0.4, -0.2) is 52.1 Å². The van der Waals surface area contributed by atoms with E-state index >= 15 is 0 Å². The molecular weight excluding hydrogens is 462 g/mol. The molecule has 0 unspecified atom stereocenters. The van der Waals surface area contributed by atoms with Crippen LogP contribution in [0.3, 0.4) is 0 Å². The SMILES string of the molecule is CC(C)(C)OC(=O)NCC(=O)N1CCC(c2cccc(Nc3ncc(-c4ccccc4)s3)n2)CC1. The first-order chi connectivity index (χ1) is 16.8. The fourth-order valence-electron chi connectivity index (χ4n) is 3.92. The van der Waals surface area contributed by atoms with Gasteiger partial charge < -0.3 is 20.3 Å². The van der Waals surface area contributed by atoms with Crippen molar-refractivity contribution in [3.8, 4) is 10.4 Å². The molecule has 1 aromatic carbocycles. The maximum atomic E-state index is 12.5. The molecule has 0 bridgehead atoms. The maximum absolute atomic E-state index is 12.5. The molecule has 0 aliphatic carbocycles. The molecule has 1 saturated heterocycles. The standard InChI is InChI=1S/C26H31N5O3S/c1-26(2,3)34-25(33)28-17-23(32)31-14-12-18(13-15-31)20-10-7-11-22(29-20)30-24-27-16-21(35-24)19-8-5-4-6-9-19/h4-11,16,18H,12-15,17H2,1-3H3,(H,28,33)(H,27,29,30). The number of aromatic nitrogens is 2. The largest absolute Gasteiger partial charge is 0.444 e. The second kappa shape index (κ2) is 10.9. The number of thiazole rings is 1. The predicted molar refractivity (Wildman–Crippen MR) is 138 cm³/mol. The number of carbonyl (C=O) groups excluding carboxylic acids is 2. The van der Waals surface area contributed by atoms with Crippen molar-refractivity contribution in [2.24, 2.45) is 0 Å². The summed E-state index contributed by atoms with van der Waals surface area (Å²) in [5, 5.41) is 6.67. The van der Waals surface area contributed by atoms with Gasteiger partial charge in [-0.25, -0.2) is 14.8 Å². The number of hydrogen-bond acceptors (Lipinski definition) is 7. The third-order valence-corrected chi connectivity index (χ3v) is 6.58. The van der Waals surface area contributed by atoms with Crippen LogP contribution < -0.4 is 10.6 Å². The van der Waals surface area contributed by atoms with Crippen molar-refractivity contribution in [1.82, 2.24) is 20.2 Å². The van der Waals surface area contributed by atoms with Gasteiger partial charge in [0.15, 0.2) is 5.13 Å². The summed E-state index contributed by atoms with van der Waals surface area (Å²) in [6, 6.07) is 16.1. The topological polar surface area (TPSA) is 96.5 Å². The Morgan fingerprint density at radius 2 is 1.83 bits per heavy atom. The number of ether oxygens (including phenoxy) is 1. The van der Waals surface area contributed by atoms with Crippen molar-refractivity contribution in [3.63, 3.8) is 0 Å². The summed E-state index contributed by atoms with van der Waals surface area (Å²) in [7, 11) is 0. The first kappa shape index (κ1) is 24.7. The average molecular weight is 494 g/mol. The second-order valence-corrected chi connectivity index (χ2v) is 10.5. The Bertz CT molecular complexity index is 1150. The molecule has 9 heteroatoms. The number of nitrogens with one attached hydrogen (secondary N) is 2. The van der Waals surface area contributed by atoms with E-state index in [0.717, 1.165) is 39.9 Å². The minimum Gasteiger partial charge on any atom is -0.444 e. The van der Waals surface area contributed by atoms with E-state index in [2.05, 4.69) is 27.8 Å². The highest BCUT2D eigenvalue weighted by Crippen LogP contribution is 2.31. The van der Waals surface area contributed by atoms with E-state index in [9.17, 15) is 9.59 Å². The molecular formula is C26H31N5O3S. The molecule has 1 aliphatic rings. The lowest BCUT2D eigenvalue weighted by atomic mass is 9.93. The van der Waals surface area contributed by atoms with Gasteiger partial charge in [-0.05, 0) is 51.3 Å². The van der Waals surface area contributed by atoms with Gasteiger partial charge in [-0.1, -0.05) is 47.7 Å². The molecule has 2 amide bonds. The maximum Gasteiger partial charge on any atom is 0.408 e. The molecule has 1 fully saturated rings. The minimum atomic E-state index is -0.592. The third-order valence-electron chi connectivity index (χ3n) is 5.62. The molecule has 0 atom stereocenters. The first-order valence-corrected chi connectivity index (χ1v) is 12.6. The molecule has 2 aromatic heterocycles. The van der Waals surface area contributed by atoms with E-state index in [0.29, 0.717) is 13.1 Å². The predicted octanol–water partition coefficient (Wildman–Crippen LogP) is 5.18. The Hall–Kier alpha value is -3.46. The quantitative estimate of drug-likeness (QED) is 0.491. The molecule has 35 heavy (non-hydrogen) atoms. The zero-order chi connectivity index (χ0) is 24.8. The Kier molecular flexibility index (Phi) is 7.65. The van der Waals surface area contributed by atoms with E-state index in [4.69, 9.17) is 9.72 Å². The lowest BCUT2D eigenvalue weighted by Gasteiger charge is -2.32. The third kappa shape index (κ3) is 7.02. The normalized spacial score (nSPS) is 14.4. The van der Waals surface area contributed by atoms with Crippen LogP contribution in [0.5, 0.6) is 0 Å². The summed E-state index contributed by atoms with van der Waals surface area (Å²) in [6.45, 7) is 6.57.